The first kappa shape index (κ1) is 24.6. The fourth-order valence-corrected chi connectivity index (χ4v) is 2.25. The zero-order chi connectivity index (χ0) is 21.0. The topological polar surface area (TPSA) is 208 Å². The minimum Gasteiger partial charge on any atom is -0.481 e. The first-order valence-electron chi connectivity index (χ1n) is 7.79. The maximum atomic E-state index is 11.9. The zero-order valence-corrected chi connectivity index (χ0v) is 15.5. The van der Waals surface area contributed by atoms with E-state index < -0.39 is 67.4 Å². The second-order valence-corrected chi connectivity index (χ2v) is 6.39. The number of carboxylic acid groups (broad SMARTS) is 2. The molecule has 0 aliphatic rings. The lowest BCUT2D eigenvalue weighted by Crippen LogP contribution is -2.55. The van der Waals surface area contributed by atoms with Crippen molar-refractivity contribution in [2.75, 3.05) is 25.2 Å². The number of carbonyl (C=O) groups excluding carboxylic acids is 3. The predicted molar refractivity (Wildman–Crippen MR) is 94.8 cm³/mol. The molecule has 3 amide bonds. The molecule has 0 saturated carbocycles. The highest BCUT2D eigenvalue weighted by molar-refractivity contribution is 7.98. The van der Waals surface area contributed by atoms with Crippen LogP contribution >= 0.6 is 11.8 Å². The summed E-state index contributed by atoms with van der Waals surface area (Å²) in [5.41, 5.74) is 5.62. The van der Waals surface area contributed by atoms with Gasteiger partial charge in [0.1, 0.15) is 12.1 Å². The third-order valence-electron chi connectivity index (χ3n) is 3.22. The van der Waals surface area contributed by atoms with Gasteiger partial charge in [0.05, 0.1) is 25.6 Å². The normalized spacial score (nSPS) is 13.7. The van der Waals surface area contributed by atoms with Gasteiger partial charge in [-0.15, -0.1) is 0 Å². The van der Waals surface area contributed by atoms with Crippen LogP contribution in [0.15, 0.2) is 0 Å². The summed E-state index contributed by atoms with van der Waals surface area (Å²) in [4.78, 5) is 56.9. The smallest absolute Gasteiger partial charge is 0.326 e. The number of amides is 3. The molecule has 0 saturated heterocycles. The van der Waals surface area contributed by atoms with Crippen molar-refractivity contribution in [3.05, 3.63) is 0 Å². The lowest BCUT2D eigenvalue weighted by Gasteiger charge is -2.19. The molecule has 12 nitrogen and oxygen atoms in total. The Balaban J connectivity index is 4.57. The number of carboxylic acids is 2. The number of aliphatic hydroxyl groups is 1. The van der Waals surface area contributed by atoms with E-state index in [-0.39, 0.29) is 0 Å². The minimum atomic E-state index is -1.73. The van der Waals surface area contributed by atoms with E-state index in [1.54, 1.807) is 0 Å². The molecule has 0 aromatic rings. The van der Waals surface area contributed by atoms with Crippen molar-refractivity contribution in [2.24, 2.45) is 5.73 Å². The van der Waals surface area contributed by atoms with Gasteiger partial charge in [-0.1, -0.05) is 0 Å². The summed E-state index contributed by atoms with van der Waals surface area (Å²) >= 11 is 1.51. The van der Waals surface area contributed by atoms with E-state index in [1.165, 1.54) is 11.8 Å². The Labute approximate surface area is 159 Å². The van der Waals surface area contributed by atoms with Crippen LogP contribution in [0.5, 0.6) is 0 Å². The van der Waals surface area contributed by atoms with Gasteiger partial charge in [0.25, 0.3) is 0 Å². The lowest BCUT2D eigenvalue weighted by molar-refractivity contribution is -0.147. The van der Waals surface area contributed by atoms with Crippen LogP contribution in [0, 0.1) is 0 Å². The standard InChI is InChI=1S/C14H24N4O8S/c1-27-3-2-7(15)12(23)16-5-10(20)17-9(6-19)13(24)18-8(14(25)26)4-11(21)22/h7-9,19H,2-6,15H2,1H3,(H,16,23)(H,17,20)(H,18,24)(H,21,22)(H,25,26). The predicted octanol–water partition coefficient (Wildman–Crippen LogP) is -3.30. The molecule has 0 rings (SSSR count). The van der Waals surface area contributed by atoms with E-state index in [4.69, 9.17) is 15.9 Å². The molecule has 27 heavy (non-hydrogen) atoms. The third-order valence-corrected chi connectivity index (χ3v) is 3.86. The summed E-state index contributed by atoms with van der Waals surface area (Å²) in [6.07, 6.45) is 1.39. The zero-order valence-electron chi connectivity index (χ0n) is 14.6. The first-order valence-corrected chi connectivity index (χ1v) is 9.19. The van der Waals surface area contributed by atoms with Crippen LogP contribution in [-0.2, 0) is 24.0 Å². The molecule has 3 atom stereocenters. The molecule has 0 aromatic carbocycles. The number of rotatable bonds is 13. The first-order chi connectivity index (χ1) is 12.6. The molecule has 0 bridgehead atoms. The second-order valence-electron chi connectivity index (χ2n) is 5.41. The van der Waals surface area contributed by atoms with E-state index in [1.807, 2.05) is 11.6 Å². The van der Waals surface area contributed by atoms with Crippen LogP contribution in [0.2, 0.25) is 0 Å². The molecule has 13 heteroatoms. The molecule has 0 aliphatic carbocycles. The summed E-state index contributed by atoms with van der Waals surface area (Å²) in [6.45, 7) is -1.37. The molecule has 0 aliphatic heterocycles. The largest absolute Gasteiger partial charge is 0.481 e. The highest BCUT2D eigenvalue weighted by Gasteiger charge is 2.28. The van der Waals surface area contributed by atoms with E-state index >= 15 is 0 Å². The van der Waals surface area contributed by atoms with Crippen LogP contribution in [0.4, 0.5) is 0 Å². The second kappa shape index (κ2) is 12.9. The number of thioether (sulfide) groups is 1. The van der Waals surface area contributed by atoms with E-state index in [9.17, 15) is 29.1 Å². The molecule has 0 spiro atoms. The number of carbonyl (C=O) groups is 5. The summed E-state index contributed by atoms with van der Waals surface area (Å²) in [5.74, 6) is -4.83. The monoisotopic (exact) mass is 408 g/mol. The Hall–Kier alpha value is -2.38. The van der Waals surface area contributed by atoms with Crippen LogP contribution in [0.25, 0.3) is 0 Å². The average molecular weight is 408 g/mol. The van der Waals surface area contributed by atoms with E-state index in [0.717, 1.165) is 0 Å². The molecule has 0 fully saturated rings. The number of aliphatic carboxylic acids is 2. The average Bonchev–Trinajstić information content (AvgIpc) is 2.60. The van der Waals surface area contributed by atoms with Crippen molar-refractivity contribution < 1.29 is 39.3 Å². The maximum absolute atomic E-state index is 11.9. The molecular formula is C14H24N4O8S. The molecule has 0 heterocycles. The van der Waals surface area contributed by atoms with Crippen molar-refractivity contribution in [3.63, 3.8) is 0 Å². The van der Waals surface area contributed by atoms with Gasteiger partial charge in [-0.3, -0.25) is 19.2 Å². The Morgan fingerprint density at radius 2 is 1.67 bits per heavy atom. The molecule has 0 aromatic heterocycles. The molecule has 3 unspecified atom stereocenters. The number of nitrogens with two attached hydrogens (primary N) is 1. The van der Waals surface area contributed by atoms with Gasteiger partial charge >= 0.3 is 11.9 Å². The summed E-state index contributed by atoms with van der Waals surface area (Å²) in [7, 11) is 0. The molecule has 0 radical (unpaired) electrons. The summed E-state index contributed by atoms with van der Waals surface area (Å²) in [5, 5.41) is 33.0. The van der Waals surface area contributed by atoms with Crippen molar-refractivity contribution in [1.29, 1.82) is 0 Å². The van der Waals surface area contributed by atoms with E-state index in [2.05, 4.69) is 10.6 Å². The van der Waals surface area contributed by atoms with Crippen LogP contribution < -0.4 is 21.7 Å². The quantitative estimate of drug-likeness (QED) is 0.161. The number of aliphatic hydroxyl groups excluding tert-OH is 1. The van der Waals surface area contributed by atoms with Crippen molar-refractivity contribution in [2.45, 2.75) is 31.0 Å². The Morgan fingerprint density at radius 1 is 1.04 bits per heavy atom. The van der Waals surface area contributed by atoms with Gasteiger partial charge in [0.2, 0.25) is 17.7 Å². The van der Waals surface area contributed by atoms with Crippen LogP contribution in [-0.4, -0.2) is 88.3 Å². The van der Waals surface area contributed by atoms with Gasteiger partial charge in [-0.05, 0) is 18.4 Å². The van der Waals surface area contributed by atoms with Gasteiger partial charge in [-0.2, -0.15) is 11.8 Å². The van der Waals surface area contributed by atoms with Gasteiger partial charge in [0.15, 0.2) is 0 Å². The highest BCUT2D eigenvalue weighted by Crippen LogP contribution is 1.98. The third kappa shape index (κ3) is 10.4. The number of nitrogens with one attached hydrogen (secondary N) is 3. The number of hydrogen-bond donors (Lipinski definition) is 7. The van der Waals surface area contributed by atoms with Crippen molar-refractivity contribution in [3.8, 4) is 0 Å². The van der Waals surface area contributed by atoms with Crippen molar-refractivity contribution >= 4 is 41.4 Å². The van der Waals surface area contributed by atoms with Gasteiger partial charge in [0, 0.05) is 0 Å². The van der Waals surface area contributed by atoms with Gasteiger partial charge < -0.3 is 37.0 Å². The van der Waals surface area contributed by atoms with Gasteiger partial charge in [-0.25, -0.2) is 4.79 Å². The number of hydrogen-bond acceptors (Lipinski definition) is 8. The van der Waals surface area contributed by atoms with Crippen molar-refractivity contribution in [1.82, 2.24) is 16.0 Å². The molecule has 154 valence electrons. The fraction of sp³-hybridized carbons (Fsp3) is 0.643. The highest BCUT2D eigenvalue weighted by atomic mass is 32.2. The molecular weight excluding hydrogens is 384 g/mol. The maximum Gasteiger partial charge on any atom is 0.326 e. The fourth-order valence-electron chi connectivity index (χ4n) is 1.76. The Bertz CT molecular complexity index is 559. The Morgan fingerprint density at radius 3 is 2.15 bits per heavy atom. The van der Waals surface area contributed by atoms with E-state index in [0.29, 0.717) is 12.2 Å². The Kier molecular flexibility index (Phi) is 11.8. The molecule has 8 N–H and O–H groups in total. The van der Waals surface area contributed by atoms with Crippen LogP contribution in [0.3, 0.4) is 0 Å². The summed E-state index contributed by atoms with van der Waals surface area (Å²) < 4.78 is 0. The summed E-state index contributed by atoms with van der Waals surface area (Å²) in [6, 6.07) is -4.04. The minimum absolute atomic E-state index is 0.413. The SMILES string of the molecule is CSCCC(N)C(=O)NCC(=O)NC(CO)C(=O)NC(CC(=O)O)C(=O)O. The van der Waals surface area contributed by atoms with Crippen LogP contribution in [0.1, 0.15) is 12.8 Å². The lowest BCUT2D eigenvalue weighted by atomic mass is 10.2.